The minimum atomic E-state index is -0.478. The highest BCUT2D eigenvalue weighted by atomic mass is 35.5. The minimum absolute atomic E-state index is 0.206. The number of carbonyl (C=O) groups is 1. The molecule has 1 aromatic carbocycles. The number of carbonyl (C=O) groups excluding carboxylic acids is 1. The molecule has 1 aliphatic rings. The van der Waals surface area contributed by atoms with Gasteiger partial charge in [0.1, 0.15) is 16.6 Å². The first-order valence-corrected chi connectivity index (χ1v) is 11.6. The molecule has 2 aromatic heterocycles. The van der Waals surface area contributed by atoms with Crippen LogP contribution in [0.2, 0.25) is 5.15 Å². The fraction of sp³-hybridized carbons (Fsp3) is 0.458. The summed E-state index contributed by atoms with van der Waals surface area (Å²) in [7, 11) is 0. The lowest BCUT2D eigenvalue weighted by Crippen LogP contribution is -2.57. The van der Waals surface area contributed by atoms with Gasteiger partial charge in [0, 0.05) is 37.0 Å². The molecule has 33 heavy (non-hydrogen) atoms. The summed E-state index contributed by atoms with van der Waals surface area (Å²) >= 11 is 6.27. The predicted octanol–water partition coefficient (Wildman–Crippen LogP) is 5.15. The van der Waals surface area contributed by atoms with Gasteiger partial charge in [0.2, 0.25) is 0 Å². The van der Waals surface area contributed by atoms with Gasteiger partial charge in [-0.1, -0.05) is 37.6 Å². The monoisotopic (exact) mass is 470 g/mol. The molecule has 1 saturated heterocycles. The Kier molecular flexibility index (Phi) is 6.38. The van der Waals surface area contributed by atoms with E-state index in [4.69, 9.17) is 16.3 Å². The number of anilines is 2. The van der Waals surface area contributed by atoms with E-state index < -0.39 is 5.60 Å². The zero-order valence-electron chi connectivity index (χ0n) is 19.7. The number of ether oxygens (including phenoxy) is 1. The van der Waals surface area contributed by atoms with Crippen molar-refractivity contribution in [2.45, 2.75) is 58.7 Å². The van der Waals surface area contributed by atoms with Gasteiger partial charge in [-0.25, -0.2) is 9.78 Å². The molecule has 3 aromatic rings. The molecule has 176 valence electrons. The van der Waals surface area contributed by atoms with Crippen molar-refractivity contribution in [2.24, 2.45) is 0 Å². The number of benzene rings is 1. The van der Waals surface area contributed by atoms with Crippen LogP contribution in [-0.4, -0.2) is 50.3 Å². The molecule has 0 atom stereocenters. The third-order valence-corrected chi connectivity index (χ3v) is 5.59. The lowest BCUT2D eigenvalue weighted by Gasteiger charge is -2.40. The first kappa shape index (κ1) is 23.2. The van der Waals surface area contributed by atoms with Crippen LogP contribution in [0.5, 0.6) is 0 Å². The standard InChI is InChI=1S/C24H31ClN6O2/c1-15(2)19-12-27-31-21(10-20(25)29-22(19)31)26-11-16-7-6-8-17(9-16)28-18-13-30(14-18)23(32)33-24(3,4)5/h6-10,12,15,18,26,28H,11,13-14H2,1-5H3. The third kappa shape index (κ3) is 5.50. The van der Waals surface area contributed by atoms with Crippen LogP contribution < -0.4 is 10.6 Å². The minimum Gasteiger partial charge on any atom is -0.444 e. The molecule has 4 rings (SSSR count). The summed E-state index contributed by atoms with van der Waals surface area (Å²) < 4.78 is 7.21. The molecule has 0 spiro atoms. The summed E-state index contributed by atoms with van der Waals surface area (Å²) in [6.07, 6.45) is 1.58. The van der Waals surface area contributed by atoms with Crippen molar-refractivity contribution in [3.8, 4) is 0 Å². The highest BCUT2D eigenvalue weighted by Gasteiger charge is 2.33. The molecular weight excluding hydrogens is 440 g/mol. The van der Waals surface area contributed by atoms with Crippen molar-refractivity contribution < 1.29 is 9.53 Å². The number of nitrogens with one attached hydrogen (secondary N) is 2. The van der Waals surface area contributed by atoms with Crippen molar-refractivity contribution in [3.63, 3.8) is 0 Å². The third-order valence-electron chi connectivity index (χ3n) is 5.39. The van der Waals surface area contributed by atoms with Crippen molar-refractivity contribution in [1.82, 2.24) is 19.5 Å². The molecule has 0 saturated carbocycles. The Morgan fingerprint density at radius 3 is 2.73 bits per heavy atom. The van der Waals surface area contributed by atoms with Gasteiger partial charge in [-0.2, -0.15) is 9.61 Å². The number of likely N-dealkylation sites (tertiary alicyclic amines) is 1. The smallest absolute Gasteiger partial charge is 0.410 e. The van der Waals surface area contributed by atoms with E-state index >= 15 is 0 Å². The van der Waals surface area contributed by atoms with Crippen LogP contribution in [0.15, 0.2) is 36.5 Å². The maximum atomic E-state index is 12.1. The van der Waals surface area contributed by atoms with Crippen molar-refractivity contribution >= 4 is 34.8 Å². The summed E-state index contributed by atoms with van der Waals surface area (Å²) in [6.45, 7) is 11.7. The number of nitrogens with zero attached hydrogens (tertiary/aromatic N) is 4. The van der Waals surface area contributed by atoms with Crippen molar-refractivity contribution in [3.05, 3.63) is 52.8 Å². The van der Waals surface area contributed by atoms with Gasteiger partial charge in [0.15, 0.2) is 5.65 Å². The fourth-order valence-electron chi connectivity index (χ4n) is 3.73. The van der Waals surface area contributed by atoms with Gasteiger partial charge in [-0.15, -0.1) is 0 Å². The molecule has 3 heterocycles. The molecule has 2 N–H and O–H groups in total. The fourth-order valence-corrected chi connectivity index (χ4v) is 3.91. The van der Waals surface area contributed by atoms with Crippen LogP contribution in [0.25, 0.3) is 5.65 Å². The number of amides is 1. The van der Waals surface area contributed by atoms with E-state index in [-0.39, 0.29) is 12.1 Å². The average Bonchev–Trinajstić information content (AvgIpc) is 3.11. The first-order valence-electron chi connectivity index (χ1n) is 11.2. The number of rotatable bonds is 6. The Hall–Kier alpha value is -3.00. The maximum absolute atomic E-state index is 12.1. The van der Waals surface area contributed by atoms with E-state index in [1.165, 1.54) is 0 Å². The normalized spacial score (nSPS) is 14.5. The lowest BCUT2D eigenvalue weighted by atomic mass is 10.1. The molecular formula is C24H31ClN6O2. The summed E-state index contributed by atoms with van der Waals surface area (Å²) in [5.74, 6) is 1.10. The molecule has 9 heteroatoms. The molecule has 1 aliphatic heterocycles. The number of aromatic nitrogens is 3. The summed E-state index contributed by atoms with van der Waals surface area (Å²) in [5.41, 5.74) is 3.49. The zero-order chi connectivity index (χ0) is 23.8. The highest BCUT2D eigenvalue weighted by molar-refractivity contribution is 6.29. The van der Waals surface area contributed by atoms with Gasteiger partial charge in [-0.3, -0.25) is 0 Å². The summed E-state index contributed by atoms with van der Waals surface area (Å²) in [4.78, 5) is 18.3. The van der Waals surface area contributed by atoms with Gasteiger partial charge in [0.25, 0.3) is 0 Å². The number of hydrogen-bond donors (Lipinski definition) is 2. The number of hydrogen-bond acceptors (Lipinski definition) is 6. The Bertz CT molecular complexity index is 1150. The molecule has 8 nitrogen and oxygen atoms in total. The van der Waals surface area contributed by atoms with E-state index in [1.54, 1.807) is 15.5 Å². The highest BCUT2D eigenvalue weighted by Crippen LogP contribution is 2.25. The summed E-state index contributed by atoms with van der Waals surface area (Å²) in [6, 6.07) is 10.2. The van der Waals surface area contributed by atoms with E-state index in [1.807, 2.05) is 39.1 Å². The maximum Gasteiger partial charge on any atom is 0.410 e. The Morgan fingerprint density at radius 1 is 1.27 bits per heavy atom. The Morgan fingerprint density at radius 2 is 2.03 bits per heavy atom. The quantitative estimate of drug-likeness (QED) is 0.485. The summed E-state index contributed by atoms with van der Waals surface area (Å²) in [5, 5.41) is 11.8. The Labute approximate surface area is 199 Å². The van der Waals surface area contributed by atoms with Crippen LogP contribution in [0.1, 0.15) is 51.7 Å². The second-order valence-corrected chi connectivity index (χ2v) is 10.1. The van der Waals surface area contributed by atoms with Gasteiger partial charge < -0.3 is 20.3 Å². The topological polar surface area (TPSA) is 83.8 Å². The van der Waals surface area contributed by atoms with Crippen LogP contribution in [0, 0.1) is 0 Å². The molecule has 0 aliphatic carbocycles. The molecule has 0 radical (unpaired) electrons. The molecule has 0 unspecified atom stereocenters. The second kappa shape index (κ2) is 9.09. The van der Waals surface area contributed by atoms with Crippen LogP contribution in [-0.2, 0) is 11.3 Å². The van der Waals surface area contributed by atoms with Gasteiger partial charge in [-0.05, 0) is 44.4 Å². The van der Waals surface area contributed by atoms with Crippen LogP contribution in [0.3, 0.4) is 0 Å². The molecule has 0 bridgehead atoms. The van der Waals surface area contributed by atoms with Gasteiger partial charge >= 0.3 is 6.09 Å². The van der Waals surface area contributed by atoms with Crippen molar-refractivity contribution in [1.29, 1.82) is 0 Å². The SMILES string of the molecule is CC(C)c1cnn2c(NCc3cccc(NC4CN(C(=O)OC(C)(C)C)C4)c3)cc(Cl)nc12. The van der Waals surface area contributed by atoms with Gasteiger partial charge in [0.05, 0.1) is 12.2 Å². The second-order valence-electron chi connectivity index (χ2n) is 9.73. The zero-order valence-corrected chi connectivity index (χ0v) is 20.5. The average molecular weight is 471 g/mol. The van der Waals surface area contributed by atoms with Crippen LogP contribution >= 0.6 is 11.6 Å². The van der Waals surface area contributed by atoms with E-state index in [9.17, 15) is 4.79 Å². The lowest BCUT2D eigenvalue weighted by molar-refractivity contribution is 0.0105. The number of halogens is 1. The van der Waals surface area contributed by atoms with Crippen LogP contribution in [0.4, 0.5) is 16.3 Å². The predicted molar refractivity (Wildman–Crippen MR) is 131 cm³/mol. The Balaban J connectivity index is 1.37. The largest absolute Gasteiger partial charge is 0.444 e. The molecule has 1 amide bonds. The first-order chi connectivity index (χ1) is 15.6. The number of fused-ring (bicyclic) bond motifs is 1. The van der Waals surface area contributed by atoms with Crippen molar-refractivity contribution in [2.75, 3.05) is 23.7 Å². The van der Waals surface area contributed by atoms with E-state index in [0.717, 1.165) is 28.3 Å². The molecule has 1 fully saturated rings. The van der Waals surface area contributed by atoms with E-state index in [0.29, 0.717) is 30.7 Å². The van der Waals surface area contributed by atoms with E-state index in [2.05, 4.69) is 46.7 Å².